The van der Waals surface area contributed by atoms with E-state index in [0.29, 0.717) is 11.5 Å². The molecule has 0 radical (unpaired) electrons. The van der Waals surface area contributed by atoms with Crippen LogP contribution < -0.4 is 5.73 Å². The summed E-state index contributed by atoms with van der Waals surface area (Å²) in [6.07, 6.45) is 3.30. The van der Waals surface area contributed by atoms with Gasteiger partial charge in [-0.1, -0.05) is 18.9 Å². The van der Waals surface area contributed by atoms with E-state index in [2.05, 4.69) is 15.9 Å². The van der Waals surface area contributed by atoms with Gasteiger partial charge in [-0.15, -0.1) is 0 Å². The quantitative estimate of drug-likeness (QED) is 0.889. The molecule has 1 atom stereocenters. The van der Waals surface area contributed by atoms with Crippen LogP contribution in [-0.2, 0) is 0 Å². The van der Waals surface area contributed by atoms with Crippen LogP contribution in [0.4, 0.5) is 4.39 Å². The minimum absolute atomic E-state index is 0.0665. The highest BCUT2D eigenvalue weighted by molar-refractivity contribution is 9.10. The first kappa shape index (κ1) is 10.9. The molecule has 4 heteroatoms. The standard InChI is InChI=1S/C11H13BrFNO/c12-10-8(13)4-3-7(11(10)15)9(14)5-6-1-2-6/h3-4,6,9,15H,1-2,5,14H2/t9-/m1/s1. The number of aromatic hydroxyl groups is 1. The van der Waals surface area contributed by atoms with Crippen molar-refractivity contribution in [3.05, 3.63) is 28.0 Å². The normalized spacial score (nSPS) is 17.8. The Kier molecular flexibility index (Phi) is 2.98. The lowest BCUT2D eigenvalue weighted by Crippen LogP contribution is -2.11. The molecular weight excluding hydrogens is 261 g/mol. The van der Waals surface area contributed by atoms with Crippen LogP contribution in [0.15, 0.2) is 16.6 Å². The number of nitrogens with two attached hydrogens (primary N) is 1. The van der Waals surface area contributed by atoms with Crippen LogP contribution >= 0.6 is 15.9 Å². The van der Waals surface area contributed by atoms with E-state index >= 15 is 0 Å². The molecule has 82 valence electrons. The second kappa shape index (κ2) is 4.10. The summed E-state index contributed by atoms with van der Waals surface area (Å²) in [5, 5.41) is 9.72. The van der Waals surface area contributed by atoms with E-state index in [4.69, 9.17) is 5.73 Å². The molecule has 0 aromatic heterocycles. The smallest absolute Gasteiger partial charge is 0.141 e. The van der Waals surface area contributed by atoms with Crippen molar-refractivity contribution in [3.8, 4) is 5.75 Å². The Labute approximate surface area is 96.4 Å². The van der Waals surface area contributed by atoms with Crippen molar-refractivity contribution in [1.29, 1.82) is 0 Å². The molecule has 0 heterocycles. The molecular formula is C11H13BrFNO. The minimum Gasteiger partial charge on any atom is -0.506 e. The average molecular weight is 274 g/mol. The van der Waals surface area contributed by atoms with Crippen molar-refractivity contribution in [2.75, 3.05) is 0 Å². The van der Waals surface area contributed by atoms with Crippen molar-refractivity contribution >= 4 is 15.9 Å². The van der Waals surface area contributed by atoms with Crippen LogP contribution in [0.1, 0.15) is 30.9 Å². The first-order valence-electron chi connectivity index (χ1n) is 5.02. The highest BCUT2D eigenvalue weighted by Gasteiger charge is 2.26. The molecule has 15 heavy (non-hydrogen) atoms. The fourth-order valence-corrected chi connectivity index (χ4v) is 2.05. The number of hydrogen-bond acceptors (Lipinski definition) is 2. The molecule has 1 aromatic carbocycles. The molecule has 0 amide bonds. The van der Waals surface area contributed by atoms with E-state index in [-0.39, 0.29) is 16.3 Å². The molecule has 0 saturated heterocycles. The molecule has 2 nitrogen and oxygen atoms in total. The summed E-state index contributed by atoms with van der Waals surface area (Å²) in [6.45, 7) is 0. The molecule has 2 rings (SSSR count). The van der Waals surface area contributed by atoms with Gasteiger partial charge in [0, 0.05) is 11.6 Å². The Morgan fingerprint density at radius 3 is 2.80 bits per heavy atom. The third-order valence-corrected chi connectivity index (χ3v) is 3.54. The van der Waals surface area contributed by atoms with Gasteiger partial charge in [-0.3, -0.25) is 0 Å². The first-order valence-corrected chi connectivity index (χ1v) is 5.81. The summed E-state index contributed by atoms with van der Waals surface area (Å²) < 4.78 is 13.2. The first-order chi connectivity index (χ1) is 7.09. The summed E-state index contributed by atoms with van der Waals surface area (Å²) in [6, 6.07) is 2.68. The maximum atomic E-state index is 13.1. The molecule has 1 aliphatic rings. The number of benzene rings is 1. The fraction of sp³-hybridized carbons (Fsp3) is 0.455. The van der Waals surface area contributed by atoms with Gasteiger partial charge in [-0.05, 0) is 34.3 Å². The van der Waals surface area contributed by atoms with Crippen LogP contribution in [0.2, 0.25) is 0 Å². The van der Waals surface area contributed by atoms with Gasteiger partial charge in [0.1, 0.15) is 11.6 Å². The lowest BCUT2D eigenvalue weighted by atomic mass is 10.0. The Hall–Kier alpha value is -0.610. The maximum absolute atomic E-state index is 13.1. The second-order valence-corrected chi connectivity index (χ2v) is 4.88. The summed E-state index contributed by atoms with van der Waals surface area (Å²) in [7, 11) is 0. The van der Waals surface area contributed by atoms with E-state index in [1.807, 2.05) is 0 Å². The lowest BCUT2D eigenvalue weighted by molar-refractivity contribution is 0.445. The van der Waals surface area contributed by atoms with Crippen LogP contribution in [0.25, 0.3) is 0 Å². The highest BCUT2D eigenvalue weighted by atomic mass is 79.9. The van der Waals surface area contributed by atoms with Gasteiger partial charge in [-0.2, -0.15) is 0 Å². The molecule has 0 bridgehead atoms. The van der Waals surface area contributed by atoms with Gasteiger partial charge in [0.05, 0.1) is 4.47 Å². The van der Waals surface area contributed by atoms with Crippen molar-refractivity contribution in [3.63, 3.8) is 0 Å². The summed E-state index contributed by atoms with van der Waals surface area (Å²) in [4.78, 5) is 0. The number of phenols is 1. The van der Waals surface area contributed by atoms with Crippen LogP contribution in [0.5, 0.6) is 5.75 Å². The van der Waals surface area contributed by atoms with Crippen molar-refractivity contribution < 1.29 is 9.50 Å². The maximum Gasteiger partial charge on any atom is 0.141 e. The number of halogens is 2. The Morgan fingerprint density at radius 2 is 2.20 bits per heavy atom. The van der Waals surface area contributed by atoms with Crippen molar-refractivity contribution in [1.82, 2.24) is 0 Å². The number of rotatable bonds is 3. The zero-order valence-electron chi connectivity index (χ0n) is 8.21. The summed E-state index contributed by atoms with van der Waals surface area (Å²) >= 11 is 3.00. The fourth-order valence-electron chi connectivity index (χ4n) is 1.69. The van der Waals surface area contributed by atoms with Crippen LogP contribution in [-0.4, -0.2) is 5.11 Å². The van der Waals surface area contributed by atoms with Gasteiger partial charge in [-0.25, -0.2) is 4.39 Å². The summed E-state index contributed by atoms with van der Waals surface area (Å²) in [5.74, 6) is 0.154. The molecule has 0 unspecified atom stereocenters. The van der Waals surface area contributed by atoms with E-state index in [0.717, 1.165) is 6.42 Å². The van der Waals surface area contributed by atoms with E-state index in [1.165, 1.54) is 18.9 Å². The zero-order chi connectivity index (χ0) is 11.0. The van der Waals surface area contributed by atoms with Gasteiger partial charge in [0.25, 0.3) is 0 Å². The minimum atomic E-state index is -0.463. The van der Waals surface area contributed by atoms with Crippen LogP contribution in [0, 0.1) is 11.7 Å². The molecule has 1 aromatic rings. The predicted octanol–water partition coefficient (Wildman–Crippen LogP) is 3.09. The number of phenolic OH excluding ortho intramolecular Hbond substituents is 1. The van der Waals surface area contributed by atoms with E-state index in [9.17, 15) is 9.50 Å². The van der Waals surface area contributed by atoms with Crippen molar-refractivity contribution in [2.45, 2.75) is 25.3 Å². The molecule has 1 saturated carbocycles. The van der Waals surface area contributed by atoms with E-state index in [1.54, 1.807) is 6.07 Å². The van der Waals surface area contributed by atoms with Crippen molar-refractivity contribution in [2.24, 2.45) is 11.7 Å². The van der Waals surface area contributed by atoms with Gasteiger partial charge < -0.3 is 10.8 Å². The Balaban J connectivity index is 2.22. The lowest BCUT2D eigenvalue weighted by Gasteiger charge is -2.14. The van der Waals surface area contributed by atoms with Gasteiger partial charge in [0.2, 0.25) is 0 Å². The average Bonchev–Trinajstić information content (AvgIpc) is 2.98. The second-order valence-electron chi connectivity index (χ2n) is 4.08. The van der Waals surface area contributed by atoms with Gasteiger partial charge >= 0.3 is 0 Å². The third-order valence-electron chi connectivity index (χ3n) is 2.78. The predicted molar refractivity (Wildman–Crippen MR) is 60.0 cm³/mol. The van der Waals surface area contributed by atoms with Gasteiger partial charge in [0.15, 0.2) is 0 Å². The molecule has 3 N–H and O–H groups in total. The topological polar surface area (TPSA) is 46.2 Å². The zero-order valence-corrected chi connectivity index (χ0v) is 9.80. The van der Waals surface area contributed by atoms with E-state index < -0.39 is 5.82 Å². The third kappa shape index (κ3) is 2.32. The Morgan fingerprint density at radius 1 is 1.53 bits per heavy atom. The largest absolute Gasteiger partial charge is 0.506 e. The Bertz CT molecular complexity index is 379. The molecule has 1 aliphatic carbocycles. The molecule has 0 aliphatic heterocycles. The SMILES string of the molecule is N[C@H](CC1CC1)c1ccc(F)c(Br)c1O. The summed E-state index contributed by atoms with van der Waals surface area (Å²) in [5.41, 5.74) is 6.57. The highest BCUT2D eigenvalue weighted by Crippen LogP contribution is 2.40. The molecule has 1 fully saturated rings. The number of hydrogen-bond donors (Lipinski definition) is 2. The molecule has 0 spiro atoms. The monoisotopic (exact) mass is 273 g/mol. The van der Waals surface area contributed by atoms with Crippen LogP contribution in [0.3, 0.4) is 0 Å².